The van der Waals surface area contributed by atoms with E-state index in [0.717, 1.165) is 43.8 Å². The summed E-state index contributed by atoms with van der Waals surface area (Å²) in [5, 5.41) is 0. The highest BCUT2D eigenvalue weighted by molar-refractivity contribution is 5.94. The molecule has 0 saturated carbocycles. The average molecular weight is 443 g/mol. The highest BCUT2D eigenvalue weighted by atomic mass is 16.5. The van der Waals surface area contributed by atoms with Crippen LogP contribution >= 0.6 is 0 Å². The molecular weight excluding hydrogens is 408 g/mol. The lowest BCUT2D eigenvalue weighted by atomic mass is 10.1. The van der Waals surface area contributed by atoms with E-state index in [2.05, 4.69) is 11.8 Å². The van der Waals surface area contributed by atoms with E-state index in [0.29, 0.717) is 42.5 Å². The number of nitrogens with zero attached hydrogens (tertiary/aromatic N) is 2. The molecule has 7 heteroatoms. The van der Waals surface area contributed by atoms with E-state index < -0.39 is 0 Å². The number of carbonyl (C=O) groups excluding carboxylic acids is 1. The highest BCUT2D eigenvalue weighted by Gasteiger charge is 2.24. The molecule has 0 bridgehead atoms. The molecule has 2 aromatic carbocycles. The Bertz CT molecular complexity index is 877. The molecule has 1 fully saturated rings. The Morgan fingerprint density at radius 1 is 0.875 bits per heavy atom. The fourth-order valence-electron chi connectivity index (χ4n) is 3.85. The minimum absolute atomic E-state index is 0.0634. The molecule has 1 amide bonds. The van der Waals surface area contributed by atoms with Gasteiger partial charge in [0.1, 0.15) is 5.75 Å². The Labute approximate surface area is 190 Å². The molecular formula is C25H34N2O5. The van der Waals surface area contributed by atoms with Crippen molar-refractivity contribution < 1.29 is 23.7 Å². The fraction of sp³-hybridized carbons (Fsp3) is 0.480. The van der Waals surface area contributed by atoms with Crippen LogP contribution in [0.2, 0.25) is 0 Å². The Morgan fingerprint density at radius 3 is 2.16 bits per heavy atom. The normalized spacial score (nSPS) is 14.2. The smallest absolute Gasteiger partial charge is 0.253 e. The van der Waals surface area contributed by atoms with E-state index in [-0.39, 0.29) is 5.91 Å². The molecule has 3 rings (SSSR count). The highest BCUT2D eigenvalue weighted by Crippen LogP contribution is 2.40. The third-order valence-electron chi connectivity index (χ3n) is 5.71. The quantitative estimate of drug-likeness (QED) is 0.521. The summed E-state index contributed by atoms with van der Waals surface area (Å²) in [6.07, 6.45) is 2.13. The van der Waals surface area contributed by atoms with E-state index in [1.54, 1.807) is 21.3 Å². The van der Waals surface area contributed by atoms with E-state index in [1.165, 1.54) is 0 Å². The molecule has 1 aliphatic rings. The maximum absolute atomic E-state index is 12.9. The molecule has 174 valence electrons. The van der Waals surface area contributed by atoms with Crippen molar-refractivity contribution in [2.75, 3.05) is 54.1 Å². The van der Waals surface area contributed by atoms with Gasteiger partial charge in [-0.3, -0.25) is 9.69 Å². The van der Waals surface area contributed by atoms with Crippen molar-refractivity contribution in [2.45, 2.75) is 26.3 Å². The molecule has 0 N–H and O–H groups in total. The molecule has 0 spiro atoms. The molecule has 0 atom stereocenters. The third-order valence-corrected chi connectivity index (χ3v) is 5.71. The molecule has 0 unspecified atom stereocenters. The number of unbranched alkanes of at least 4 members (excludes halogenated alkanes) is 1. The lowest BCUT2D eigenvalue weighted by Crippen LogP contribution is -2.48. The lowest BCUT2D eigenvalue weighted by Gasteiger charge is -2.35. The van der Waals surface area contributed by atoms with Crippen LogP contribution in [0.15, 0.2) is 36.4 Å². The molecule has 0 radical (unpaired) electrons. The number of carbonyl (C=O) groups is 1. The first-order valence-electron chi connectivity index (χ1n) is 11.1. The maximum Gasteiger partial charge on any atom is 0.253 e. The van der Waals surface area contributed by atoms with Gasteiger partial charge in [0.2, 0.25) is 5.75 Å². The van der Waals surface area contributed by atoms with Crippen LogP contribution in [0.3, 0.4) is 0 Å². The van der Waals surface area contributed by atoms with Gasteiger partial charge in [-0.15, -0.1) is 0 Å². The standard InChI is InChI=1S/C25H34N2O5/c1-5-6-17-32-21-10-7-19(8-11-21)25(28)27-15-13-26(14-16-27)18-20-9-12-22(29-2)24(31-4)23(20)30-3/h7-12H,5-6,13-18H2,1-4H3. The van der Waals surface area contributed by atoms with Crippen LogP contribution in [0.1, 0.15) is 35.7 Å². The van der Waals surface area contributed by atoms with Gasteiger partial charge in [0, 0.05) is 43.9 Å². The summed E-state index contributed by atoms with van der Waals surface area (Å²) in [6, 6.07) is 11.4. The number of piperazine rings is 1. The topological polar surface area (TPSA) is 60.5 Å². The van der Waals surface area contributed by atoms with Crippen molar-refractivity contribution >= 4 is 5.91 Å². The first-order valence-corrected chi connectivity index (χ1v) is 11.1. The van der Waals surface area contributed by atoms with E-state index in [9.17, 15) is 4.79 Å². The molecule has 1 heterocycles. The molecule has 1 saturated heterocycles. The zero-order valence-electron chi connectivity index (χ0n) is 19.6. The van der Waals surface area contributed by atoms with Crippen LogP contribution < -0.4 is 18.9 Å². The van der Waals surface area contributed by atoms with Gasteiger partial charge in [-0.2, -0.15) is 0 Å². The Morgan fingerprint density at radius 2 is 1.56 bits per heavy atom. The molecule has 0 aliphatic carbocycles. The van der Waals surface area contributed by atoms with Gasteiger partial charge in [0.15, 0.2) is 11.5 Å². The van der Waals surface area contributed by atoms with Crippen LogP contribution in [0, 0.1) is 0 Å². The summed E-state index contributed by atoms with van der Waals surface area (Å²) in [5.41, 5.74) is 1.73. The monoisotopic (exact) mass is 442 g/mol. The number of benzene rings is 2. The largest absolute Gasteiger partial charge is 0.494 e. The molecule has 7 nitrogen and oxygen atoms in total. The van der Waals surface area contributed by atoms with Crippen molar-refractivity contribution in [3.8, 4) is 23.0 Å². The van der Waals surface area contributed by atoms with Gasteiger partial charge in [-0.05, 0) is 36.8 Å². The number of ether oxygens (including phenoxy) is 4. The van der Waals surface area contributed by atoms with Crippen molar-refractivity contribution in [3.63, 3.8) is 0 Å². The lowest BCUT2D eigenvalue weighted by molar-refractivity contribution is 0.0627. The Kier molecular flexibility index (Phi) is 8.62. The van der Waals surface area contributed by atoms with Crippen LogP contribution in [0.5, 0.6) is 23.0 Å². The van der Waals surface area contributed by atoms with Gasteiger partial charge in [-0.1, -0.05) is 19.4 Å². The summed E-state index contributed by atoms with van der Waals surface area (Å²) in [6.45, 7) is 6.51. The van der Waals surface area contributed by atoms with E-state index in [1.807, 2.05) is 41.3 Å². The Hall–Kier alpha value is -2.93. The second-order valence-corrected chi connectivity index (χ2v) is 7.79. The SMILES string of the molecule is CCCCOc1ccc(C(=O)N2CCN(Cc3ccc(OC)c(OC)c3OC)CC2)cc1. The van der Waals surface area contributed by atoms with Crippen LogP contribution in [0.25, 0.3) is 0 Å². The van der Waals surface area contributed by atoms with Gasteiger partial charge < -0.3 is 23.8 Å². The van der Waals surface area contributed by atoms with Crippen molar-refractivity contribution in [3.05, 3.63) is 47.5 Å². The van der Waals surface area contributed by atoms with Crippen LogP contribution in [-0.2, 0) is 6.54 Å². The molecule has 0 aromatic heterocycles. The number of methoxy groups -OCH3 is 3. The minimum Gasteiger partial charge on any atom is -0.494 e. The number of hydrogen-bond donors (Lipinski definition) is 0. The van der Waals surface area contributed by atoms with Gasteiger partial charge in [-0.25, -0.2) is 0 Å². The summed E-state index contributed by atoms with van der Waals surface area (Å²) < 4.78 is 22.1. The zero-order valence-corrected chi connectivity index (χ0v) is 19.6. The summed E-state index contributed by atoms with van der Waals surface area (Å²) in [7, 11) is 4.86. The number of rotatable bonds is 10. The van der Waals surface area contributed by atoms with Gasteiger partial charge >= 0.3 is 0 Å². The van der Waals surface area contributed by atoms with Gasteiger partial charge in [0.05, 0.1) is 27.9 Å². The fourth-order valence-corrected chi connectivity index (χ4v) is 3.85. The summed E-state index contributed by atoms with van der Waals surface area (Å²) in [4.78, 5) is 17.1. The predicted molar refractivity (Wildman–Crippen MR) is 124 cm³/mol. The first-order chi connectivity index (χ1) is 15.6. The first kappa shape index (κ1) is 23.7. The van der Waals surface area contributed by atoms with Crippen LogP contribution in [-0.4, -0.2) is 69.8 Å². The van der Waals surface area contributed by atoms with Gasteiger partial charge in [0.25, 0.3) is 5.91 Å². The minimum atomic E-state index is 0.0634. The van der Waals surface area contributed by atoms with Crippen molar-refractivity contribution in [1.82, 2.24) is 9.80 Å². The van der Waals surface area contributed by atoms with Crippen LogP contribution in [0.4, 0.5) is 0 Å². The second-order valence-electron chi connectivity index (χ2n) is 7.79. The maximum atomic E-state index is 12.9. The molecule has 1 aliphatic heterocycles. The average Bonchev–Trinajstić information content (AvgIpc) is 2.84. The van der Waals surface area contributed by atoms with E-state index in [4.69, 9.17) is 18.9 Å². The molecule has 2 aromatic rings. The second kappa shape index (κ2) is 11.6. The summed E-state index contributed by atoms with van der Waals surface area (Å²) in [5.74, 6) is 2.80. The zero-order chi connectivity index (χ0) is 22.9. The van der Waals surface area contributed by atoms with Crippen molar-refractivity contribution in [1.29, 1.82) is 0 Å². The van der Waals surface area contributed by atoms with E-state index >= 15 is 0 Å². The number of amides is 1. The Balaban J connectivity index is 1.57. The summed E-state index contributed by atoms with van der Waals surface area (Å²) >= 11 is 0. The third kappa shape index (κ3) is 5.65. The number of hydrogen-bond acceptors (Lipinski definition) is 6. The predicted octanol–water partition coefficient (Wildman–Crippen LogP) is 3.85. The van der Waals surface area contributed by atoms with Crippen molar-refractivity contribution in [2.24, 2.45) is 0 Å². The molecule has 32 heavy (non-hydrogen) atoms.